The third-order valence-corrected chi connectivity index (χ3v) is 7.32. The summed E-state index contributed by atoms with van der Waals surface area (Å²) < 4.78 is 40.5. The Morgan fingerprint density at radius 2 is 1.76 bits per heavy atom. The first kappa shape index (κ1) is 29.3. The second kappa shape index (κ2) is 13.0. The molecule has 206 valence electrons. The van der Waals surface area contributed by atoms with Crippen LogP contribution in [-0.4, -0.2) is 57.5 Å². The van der Waals surface area contributed by atoms with E-state index in [4.69, 9.17) is 5.73 Å². The van der Waals surface area contributed by atoms with Crippen molar-refractivity contribution in [3.63, 3.8) is 0 Å². The van der Waals surface area contributed by atoms with Crippen molar-refractivity contribution in [2.24, 2.45) is 11.7 Å². The maximum absolute atomic E-state index is 13.9. The van der Waals surface area contributed by atoms with Gasteiger partial charge in [0.05, 0.1) is 0 Å². The highest BCUT2D eigenvalue weighted by Crippen LogP contribution is 2.25. The normalized spacial score (nSPS) is 16.8. The fraction of sp³-hybridized carbons (Fsp3) is 0.423. The summed E-state index contributed by atoms with van der Waals surface area (Å²) >= 11 is 1.31. The van der Waals surface area contributed by atoms with Gasteiger partial charge in [0.2, 0.25) is 5.91 Å². The molecule has 0 bridgehead atoms. The minimum absolute atomic E-state index is 0.109. The molecule has 0 aromatic heterocycles. The minimum atomic E-state index is -1.30. The SMILES string of the molecule is CC(C)C(Nc1ccc(CNC(=O)[C@H]2SCCN2C(=O)C[C@H](N)Cc2cc(F)c(F)cc2F)cc1)C(=O)O. The molecule has 2 aromatic carbocycles. The monoisotopic (exact) mass is 552 g/mol. The fourth-order valence-corrected chi connectivity index (χ4v) is 5.21. The van der Waals surface area contributed by atoms with Crippen molar-refractivity contribution in [3.8, 4) is 0 Å². The molecule has 0 radical (unpaired) electrons. The molecule has 38 heavy (non-hydrogen) atoms. The number of thioether (sulfide) groups is 1. The first-order valence-corrected chi connectivity index (χ1v) is 13.2. The van der Waals surface area contributed by atoms with Crippen molar-refractivity contribution < 1.29 is 32.7 Å². The molecule has 5 N–H and O–H groups in total. The van der Waals surface area contributed by atoms with Crippen LogP contribution in [0.25, 0.3) is 0 Å². The smallest absolute Gasteiger partial charge is 0.326 e. The number of halogens is 3. The summed E-state index contributed by atoms with van der Waals surface area (Å²) in [6.07, 6.45) is -0.354. The topological polar surface area (TPSA) is 125 Å². The summed E-state index contributed by atoms with van der Waals surface area (Å²) in [6.45, 7) is 4.17. The van der Waals surface area contributed by atoms with Crippen molar-refractivity contribution in [2.45, 2.75) is 50.7 Å². The van der Waals surface area contributed by atoms with E-state index in [1.54, 1.807) is 24.3 Å². The maximum Gasteiger partial charge on any atom is 0.326 e. The van der Waals surface area contributed by atoms with Crippen LogP contribution in [0.15, 0.2) is 36.4 Å². The number of nitrogens with two attached hydrogens (primary N) is 1. The Morgan fingerprint density at radius 1 is 1.11 bits per heavy atom. The molecule has 0 aliphatic carbocycles. The molecule has 3 atom stereocenters. The number of hydrogen-bond donors (Lipinski definition) is 4. The molecule has 2 amide bonds. The number of nitrogens with one attached hydrogen (secondary N) is 2. The van der Waals surface area contributed by atoms with Gasteiger partial charge in [0.25, 0.3) is 5.91 Å². The van der Waals surface area contributed by atoms with Crippen LogP contribution in [0.5, 0.6) is 0 Å². The number of hydrogen-bond acceptors (Lipinski definition) is 6. The highest BCUT2D eigenvalue weighted by atomic mass is 32.2. The zero-order chi connectivity index (χ0) is 28.0. The molecular formula is C26H31F3N4O4S. The molecule has 1 heterocycles. The lowest BCUT2D eigenvalue weighted by Gasteiger charge is -2.24. The van der Waals surface area contributed by atoms with Crippen molar-refractivity contribution in [1.29, 1.82) is 0 Å². The number of rotatable bonds is 11. The number of carboxylic acid groups (broad SMARTS) is 1. The van der Waals surface area contributed by atoms with E-state index >= 15 is 0 Å². The van der Waals surface area contributed by atoms with Crippen LogP contribution in [0.3, 0.4) is 0 Å². The van der Waals surface area contributed by atoms with Gasteiger partial charge < -0.3 is 26.4 Å². The Bertz CT molecular complexity index is 1170. The molecule has 1 saturated heterocycles. The van der Waals surface area contributed by atoms with E-state index in [1.165, 1.54) is 16.7 Å². The van der Waals surface area contributed by atoms with E-state index in [0.717, 1.165) is 11.6 Å². The van der Waals surface area contributed by atoms with Gasteiger partial charge in [0.1, 0.15) is 11.9 Å². The summed E-state index contributed by atoms with van der Waals surface area (Å²) in [4.78, 5) is 38.5. The molecule has 1 unspecified atom stereocenters. The Labute approximate surface area is 223 Å². The van der Waals surface area contributed by atoms with Crippen LogP contribution in [0.4, 0.5) is 18.9 Å². The van der Waals surface area contributed by atoms with E-state index in [-0.39, 0.29) is 42.7 Å². The standard InChI is InChI=1S/C26H31F3N4O4S/c1-14(2)23(26(36)37)32-18-5-3-15(4-6-18)13-31-24(35)25-33(7-8-38-25)22(34)11-17(30)9-16-10-20(28)21(29)12-19(16)27/h3-6,10,12,14,17,23,25,32H,7-9,11,13,30H2,1-2H3,(H,31,35)(H,36,37)/t17-,23?,25-/m1/s1. The number of amides is 2. The molecule has 1 fully saturated rings. The Balaban J connectivity index is 1.52. The van der Waals surface area contributed by atoms with E-state index in [9.17, 15) is 32.7 Å². The lowest BCUT2D eigenvalue weighted by molar-refractivity contribution is -0.138. The lowest BCUT2D eigenvalue weighted by atomic mass is 10.0. The first-order chi connectivity index (χ1) is 18.0. The van der Waals surface area contributed by atoms with Gasteiger partial charge in [-0.15, -0.1) is 11.8 Å². The molecule has 0 saturated carbocycles. The van der Waals surface area contributed by atoms with Gasteiger partial charge in [0, 0.05) is 43.1 Å². The van der Waals surface area contributed by atoms with Gasteiger partial charge in [-0.05, 0) is 41.7 Å². The Hall–Kier alpha value is -3.25. The number of nitrogens with zero attached hydrogens (tertiary/aromatic N) is 1. The Morgan fingerprint density at radius 3 is 2.39 bits per heavy atom. The number of carbonyl (C=O) groups is 3. The van der Waals surface area contributed by atoms with E-state index < -0.39 is 40.9 Å². The average Bonchev–Trinajstić information content (AvgIpc) is 3.35. The van der Waals surface area contributed by atoms with Crippen molar-refractivity contribution in [2.75, 3.05) is 17.6 Å². The predicted molar refractivity (Wildman–Crippen MR) is 139 cm³/mol. The molecule has 1 aliphatic heterocycles. The van der Waals surface area contributed by atoms with Gasteiger partial charge >= 0.3 is 5.97 Å². The van der Waals surface area contributed by atoms with E-state index in [1.807, 2.05) is 13.8 Å². The highest BCUT2D eigenvalue weighted by molar-refractivity contribution is 8.00. The van der Waals surface area contributed by atoms with Crippen LogP contribution in [0, 0.1) is 23.4 Å². The molecule has 3 rings (SSSR count). The molecular weight excluding hydrogens is 521 g/mol. The van der Waals surface area contributed by atoms with Gasteiger partial charge in [0.15, 0.2) is 17.0 Å². The zero-order valence-corrected chi connectivity index (χ0v) is 21.9. The van der Waals surface area contributed by atoms with Crippen LogP contribution in [0.2, 0.25) is 0 Å². The van der Waals surface area contributed by atoms with Crippen LogP contribution >= 0.6 is 11.8 Å². The second-order valence-electron chi connectivity index (χ2n) is 9.46. The molecule has 12 heteroatoms. The summed E-state index contributed by atoms with van der Waals surface area (Å²) in [5, 5.41) is 14.4. The first-order valence-electron chi connectivity index (χ1n) is 12.1. The predicted octanol–water partition coefficient (Wildman–Crippen LogP) is 3.10. The van der Waals surface area contributed by atoms with Crippen LogP contribution in [-0.2, 0) is 27.3 Å². The number of carbonyl (C=O) groups excluding carboxylic acids is 2. The van der Waals surface area contributed by atoms with Gasteiger partial charge in [-0.25, -0.2) is 18.0 Å². The summed E-state index contributed by atoms with van der Waals surface area (Å²) in [6, 6.07) is 6.60. The van der Waals surface area contributed by atoms with E-state index in [0.29, 0.717) is 24.1 Å². The molecule has 0 spiro atoms. The van der Waals surface area contributed by atoms with Crippen molar-refractivity contribution in [1.82, 2.24) is 10.2 Å². The lowest BCUT2D eigenvalue weighted by Crippen LogP contribution is -2.46. The number of anilines is 1. The molecule has 2 aromatic rings. The third-order valence-electron chi connectivity index (χ3n) is 6.12. The fourth-order valence-electron chi connectivity index (χ4n) is 4.05. The summed E-state index contributed by atoms with van der Waals surface area (Å²) in [5.41, 5.74) is 7.29. The van der Waals surface area contributed by atoms with Crippen molar-refractivity contribution >= 4 is 35.2 Å². The van der Waals surface area contributed by atoms with Crippen molar-refractivity contribution in [3.05, 3.63) is 65.0 Å². The largest absolute Gasteiger partial charge is 0.480 e. The molecule has 1 aliphatic rings. The highest BCUT2D eigenvalue weighted by Gasteiger charge is 2.35. The van der Waals surface area contributed by atoms with Crippen LogP contribution in [0.1, 0.15) is 31.4 Å². The Kier molecular flexibility index (Phi) is 10.0. The van der Waals surface area contributed by atoms with Gasteiger partial charge in [-0.1, -0.05) is 26.0 Å². The zero-order valence-electron chi connectivity index (χ0n) is 21.0. The summed E-state index contributed by atoms with van der Waals surface area (Å²) in [7, 11) is 0. The van der Waals surface area contributed by atoms with Gasteiger partial charge in [-0.3, -0.25) is 9.59 Å². The maximum atomic E-state index is 13.9. The van der Waals surface area contributed by atoms with E-state index in [2.05, 4.69) is 10.6 Å². The number of carboxylic acids is 1. The average molecular weight is 553 g/mol. The summed E-state index contributed by atoms with van der Waals surface area (Å²) in [5.74, 6) is -4.68. The van der Waals surface area contributed by atoms with Crippen LogP contribution < -0.4 is 16.4 Å². The quantitative estimate of drug-likeness (QED) is 0.316. The number of aliphatic carboxylic acids is 1. The molecule has 8 nitrogen and oxygen atoms in total. The third kappa shape index (κ3) is 7.64. The second-order valence-corrected chi connectivity index (χ2v) is 10.6. The number of benzene rings is 2. The van der Waals surface area contributed by atoms with Gasteiger partial charge in [-0.2, -0.15) is 0 Å². The minimum Gasteiger partial charge on any atom is -0.480 e.